The van der Waals surface area contributed by atoms with Gasteiger partial charge in [-0.25, -0.2) is 0 Å². The summed E-state index contributed by atoms with van der Waals surface area (Å²) in [4.78, 5) is 17.7. The molecule has 2 aromatic carbocycles. The van der Waals surface area contributed by atoms with Gasteiger partial charge in [0.15, 0.2) is 0 Å². The highest BCUT2D eigenvalue weighted by atomic mass is 35.5. The Morgan fingerprint density at radius 1 is 1.04 bits per heavy atom. The van der Waals surface area contributed by atoms with Crippen LogP contribution in [0.1, 0.15) is 29.5 Å². The minimum Gasteiger partial charge on any atom is -0.341 e. The molecule has 1 aliphatic heterocycles. The Morgan fingerprint density at radius 3 is 2.39 bits per heavy atom. The van der Waals surface area contributed by atoms with E-state index >= 15 is 0 Å². The fourth-order valence-corrected chi connectivity index (χ4v) is 4.97. The minimum atomic E-state index is 0.131. The van der Waals surface area contributed by atoms with E-state index in [9.17, 15) is 4.79 Å². The van der Waals surface area contributed by atoms with E-state index in [1.165, 1.54) is 24.0 Å². The number of hydrogen-bond acceptors (Lipinski definition) is 2. The van der Waals surface area contributed by atoms with Crippen molar-refractivity contribution < 1.29 is 4.79 Å². The number of amides is 1. The van der Waals surface area contributed by atoms with E-state index in [-0.39, 0.29) is 11.9 Å². The van der Waals surface area contributed by atoms with Crippen LogP contribution in [0, 0.1) is 0 Å². The quantitative estimate of drug-likeness (QED) is 0.725. The van der Waals surface area contributed by atoms with Crippen LogP contribution < -0.4 is 0 Å². The molecule has 1 amide bonds. The lowest BCUT2D eigenvalue weighted by molar-refractivity contribution is -0.132. The molecule has 0 unspecified atom stereocenters. The van der Waals surface area contributed by atoms with E-state index in [0.29, 0.717) is 22.5 Å². The molecule has 4 rings (SSSR count). The smallest absolute Gasteiger partial charge is 0.227 e. The highest BCUT2D eigenvalue weighted by molar-refractivity contribution is 6.42. The van der Waals surface area contributed by atoms with Crippen molar-refractivity contribution in [2.45, 2.75) is 44.2 Å². The Bertz CT molecular complexity index is 863. The summed E-state index contributed by atoms with van der Waals surface area (Å²) in [5, 5.41) is 1.01. The number of nitrogens with zero attached hydrogens (tertiary/aromatic N) is 2. The Morgan fingerprint density at radius 2 is 1.71 bits per heavy atom. The molecule has 0 radical (unpaired) electrons. The molecule has 2 aromatic rings. The molecule has 1 saturated heterocycles. The molecular weight excluding hydrogens is 391 g/mol. The third-order valence-electron chi connectivity index (χ3n) is 6.26. The van der Waals surface area contributed by atoms with E-state index in [4.69, 9.17) is 23.2 Å². The maximum Gasteiger partial charge on any atom is 0.227 e. The maximum atomic E-state index is 13.1. The maximum absolute atomic E-state index is 13.1. The van der Waals surface area contributed by atoms with Gasteiger partial charge in [-0.1, -0.05) is 53.5 Å². The van der Waals surface area contributed by atoms with Crippen molar-refractivity contribution in [2.75, 3.05) is 20.1 Å². The largest absolute Gasteiger partial charge is 0.341 e. The van der Waals surface area contributed by atoms with Crippen molar-refractivity contribution in [1.29, 1.82) is 0 Å². The lowest BCUT2D eigenvalue weighted by Gasteiger charge is -2.43. The Hall–Kier alpha value is -1.55. The first-order valence-corrected chi connectivity index (χ1v) is 10.8. The number of likely N-dealkylation sites (tertiary alicyclic amines) is 1. The second-order valence-corrected chi connectivity index (χ2v) is 8.80. The fraction of sp³-hybridized carbons (Fsp3) is 0.435. The highest BCUT2D eigenvalue weighted by Gasteiger charge is 2.37. The topological polar surface area (TPSA) is 23.6 Å². The Kier molecular flexibility index (Phi) is 5.96. The lowest BCUT2D eigenvalue weighted by Crippen LogP contribution is -2.55. The van der Waals surface area contributed by atoms with Crippen molar-refractivity contribution in [3.8, 4) is 0 Å². The first-order valence-electron chi connectivity index (χ1n) is 10.0. The first kappa shape index (κ1) is 19.8. The van der Waals surface area contributed by atoms with Crippen LogP contribution in [0.15, 0.2) is 42.5 Å². The van der Waals surface area contributed by atoms with Gasteiger partial charge in [0.1, 0.15) is 0 Å². The zero-order chi connectivity index (χ0) is 19.7. The number of benzene rings is 2. The number of likely N-dealkylation sites (N-methyl/N-ethyl adjacent to an activating group) is 1. The lowest BCUT2D eigenvalue weighted by atomic mass is 9.83. The van der Waals surface area contributed by atoms with Gasteiger partial charge in [0.25, 0.3) is 0 Å². The van der Waals surface area contributed by atoms with Crippen LogP contribution in [0.3, 0.4) is 0 Å². The summed E-state index contributed by atoms with van der Waals surface area (Å²) in [6.07, 6.45) is 4.79. The van der Waals surface area contributed by atoms with Crippen LogP contribution >= 0.6 is 23.2 Å². The van der Waals surface area contributed by atoms with Gasteiger partial charge in [0.2, 0.25) is 5.91 Å². The predicted octanol–water partition coefficient (Wildman–Crippen LogP) is 4.63. The molecule has 0 saturated carbocycles. The number of halogens is 2. The van der Waals surface area contributed by atoms with E-state index < -0.39 is 0 Å². The van der Waals surface area contributed by atoms with Gasteiger partial charge >= 0.3 is 0 Å². The summed E-state index contributed by atoms with van der Waals surface area (Å²) in [6.45, 7) is 2.27. The van der Waals surface area contributed by atoms with Gasteiger partial charge in [-0.15, -0.1) is 0 Å². The van der Waals surface area contributed by atoms with Gasteiger partial charge in [0.05, 0.1) is 22.5 Å². The monoisotopic (exact) mass is 416 g/mol. The molecule has 1 aliphatic carbocycles. The van der Waals surface area contributed by atoms with Crippen LogP contribution in [0.25, 0.3) is 0 Å². The molecular formula is C23H26Cl2N2O. The second-order valence-electron chi connectivity index (χ2n) is 7.98. The van der Waals surface area contributed by atoms with E-state index in [2.05, 4.69) is 29.2 Å². The zero-order valence-corrected chi connectivity index (χ0v) is 17.7. The third kappa shape index (κ3) is 4.07. The number of carbonyl (C=O) groups is 1. The van der Waals surface area contributed by atoms with Crippen molar-refractivity contribution in [3.05, 3.63) is 69.2 Å². The molecule has 0 aromatic heterocycles. The van der Waals surface area contributed by atoms with Gasteiger partial charge in [-0.3, -0.25) is 9.69 Å². The van der Waals surface area contributed by atoms with E-state index in [1.54, 1.807) is 12.1 Å². The molecule has 5 heteroatoms. The molecule has 3 nitrogen and oxygen atoms in total. The summed E-state index contributed by atoms with van der Waals surface area (Å²) in [5.74, 6) is 0.131. The average molecular weight is 417 g/mol. The molecule has 1 heterocycles. The van der Waals surface area contributed by atoms with Gasteiger partial charge < -0.3 is 4.90 Å². The summed E-state index contributed by atoms with van der Waals surface area (Å²) in [6, 6.07) is 14.7. The van der Waals surface area contributed by atoms with Gasteiger partial charge in [-0.05, 0) is 67.6 Å². The first-order chi connectivity index (χ1) is 13.5. The van der Waals surface area contributed by atoms with Crippen molar-refractivity contribution in [1.82, 2.24) is 9.80 Å². The summed E-state index contributed by atoms with van der Waals surface area (Å²) in [5.41, 5.74) is 3.71. The van der Waals surface area contributed by atoms with Gasteiger partial charge in [-0.2, -0.15) is 0 Å². The Balaban J connectivity index is 1.55. The molecule has 1 fully saturated rings. The second kappa shape index (κ2) is 8.44. The zero-order valence-electron chi connectivity index (χ0n) is 16.2. The molecule has 0 bridgehead atoms. The SMILES string of the molecule is CN(C(=O)Cc1ccc(Cl)c(Cl)c1)[C@H]1Cc2ccccc2C[C@@H]1N1CCCC1. The van der Waals surface area contributed by atoms with Crippen LogP contribution in [0.2, 0.25) is 10.0 Å². The molecule has 148 valence electrons. The highest BCUT2D eigenvalue weighted by Crippen LogP contribution is 2.30. The predicted molar refractivity (Wildman–Crippen MR) is 115 cm³/mol. The standard InChI is InChI=1S/C23H26Cl2N2O/c1-26(23(28)13-16-8-9-19(24)20(25)12-16)21-14-17-6-2-3-7-18(17)15-22(21)27-10-4-5-11-27/h2-3,6-9,12,21-22H,4-5,10-11,13-15H2,1H3/t21-,22-/m0/s1. The third-order valence-corrected chi connectivity index (χ3v) is 7.00. The number of fused-ring (bicyclic) bond motifs is 1. The molecule has 0 spiro atoms. The molecule has 0 N–H and O–H groups in total. The van der Waals surface area contributed by atoms with Gasteiger partial charge in [0, 0.05) is 13.1 Å². The van der Waals surface area contributed by atoms with Crippen molar-refractivity contribution in [2.24, 2.45) is 0 Å². The van der Waals surface area contributed by atoms with Crippen LogP contribution in [-0.2, 0) is 24.1 Å². The molecule has 2 atom stereocenters. The van der Waals surface area contributed by atoms with Crippen molar-refractivity contribution in [3.63, 3.8) is 0 Å². The van der Waals surface area contributed by atoms with Crippen molar-refractivity contribution >= 4 is 29.1 Å². The summed E-state index contributed by atoms with van der Waals surface area (Å²) < 4.78 is 0. The number of carbonyl (C=O) groups excluding carboxylic acids is 1. The number of hydrogen-bond donors (Lipinski definition) is 0. The normalized spacial score (nSPS) is 22.1. The van der Waals surface area contributed by atoms with Crippen LogP contribution in [-0.4, -0.2) is 47.9 Å². The van der Waals surface area contributed by atoms with Crippen LogP contribution in [0.5, 0.6) is 0 Å². The summed E-state index contributed by atoms with van der Waals surface area (Å²) >= 11 is 12.1. The molecule has 28 heavy (non-hydrogen) atoms. The number of rotatable bonds is 4. The fourth-order valence-electron chi connectivity index (χ4n) is 4.65. The Labute approximate surface area is 177 Å². The average Bonchev–Trinajstić information content (AvgIpc) is 3.24. The van der Waals surface area contributed by atoms with E-state index in [0.717, 1.165) is 31.5 Å². The minimum absolute atomic E-state index is 0.131. The van der Waals surface area contributed by atoms with Crippen LogP contribution in [0.4, 0.5) is 0 Å². The molecule has 2 aliphatic rings. The summed E-state index contributed by atoms with van der Waals surface area (Å²) in [7, 11) is 1.96. The van der Waals surface area contributed by atoms with E-state index in [1.807, 2.05) is 18.0 Å².